The molecule has 1 heterocycles. The molecule has 1 N–H and O–H groups in total. The Morgan fingerprint density at radius 2 is 2.22 bits per heavy atom. The molecular formula is C14H16N2O2. The summed E-state index contributed by atoms with van der Waals surface area (Å²) in [6.07, 6.45) is 3.53. The van der Waals surface area contributed by atoms with E-state index >= 15 is 0 Å². The Morgan fingerprint density at radius 1 is 1.44 bits per heavy atom. The second kappa shape index (κ2) is 5.04. The van der Waals surface area contributed by atoms with Crippen LogP contribution in [0.5, 0.6) is 0 Å². The Kier molecular flexibility index (Phi) is 3.46. The van der Waals surface area contributed by atoms with Gasteiger partial charge in [-0.2, -0.15) is 0 Å². The quantitative estimate of drug-likeness (QED) is 0.844. The van der Waals surface area contributed by atoms with Gasteiger partial charge >= 0.3 is 5.97 Å². The smallest absolute Gasteiger partial charge is 0.338 e. The fourth-order valence-electron chi connectivity index (χ4n) is 2.12. The molecule has 2 rings (SSSR count). The third kappa shape index (κ3) is 2.14. The molecule has 0 bridgehead atoms. The Morgan fingerprint density at radius 3 is 2.83 bits per heavy atom. The van der Waals surface area contributed by atoms with Crippen LogP contribution in [0.3, 0.4) is 0 Å². The summed E-state index contributed by atoms with van der Waals surface area (Å²) >= 11 is 0. The maximum absolute atomic E-state index is 11.7. The normalized spacial score (nSPS) is 12.2. The molecule has 1 aromatic heterocycles. The van der Waals surface area contributed by atoms with Crippen LogP contribution >= 0.6 is 0 Å². The summed E-state index contributed by atoms with van der Waals surface area (Å²) in [5, 5.41) is 0. The number of carbonyl (C=O) groups is 1. The number of ether oxygens (including phenoxy) is 1. The average molecular weight is 244 g/mol. The third-order valence-corrected chi connectivity index (χ3v) is 3.21. The van der Waals surface area contributed by atoms with Gasteiger partial charge in [-0.1, -0.05) is 19.1 Å². The molecule has 1 aromatic carbocycles. The second-order valence-corrected chi connectivity index (χ2v) is 4.23. The number of aromatic amines is 1. The van der Waals surface area contributed by atoms with Gasteiger partial charge in [-0.25, -0.2) is 9.78 Å². The molecule has 0 amide bonds. The van der Waals surface area contributed by atoms with Crippen LogP contribution in [0.4, 0.5) is 0 Å². The fourth-order valence-corrected chi connectivity index (χ4v) is 2.12. The summed E-state index contributed by atoms with van der Waals surface area (Å²) in [4.78, 5) is 18.9. The predicted molar refractivity (Wildman–Crippen MR) is 68.6 cm³/mol. The van der Waals surface area contributed by atoms with E-state index in [-0.39, 0.29) is 11.9 Å². The van der Waals surface area contributed by atoms with E-state index < -0.39 is 0 Å². The number of esters is 1. The van der Waals surface area contributed by atoms with E-state index in [0.717, 1.165) is 16.8 Å². The van der Waals surface area contributed by atoms with Gasteiger partial charge < -0.3 is 9.72 Å². The highest BCUT2D eigenvalue weighted by atomic mass is 16.5. The van der Waals surface area contributed by atoms with Crippen LogP contribution in [0.2, 0.25) is 0 Å². The van der Waals surface area contributed by atoms with E-state index in [4.69, 9.17) is 4.74 Å². The van der Waals surface area contributed by atoms with Crippen molar-refractivity contribution < 1.29 is 9.53 Å². The monoisotopic (exact) mass is 244 g/mol. The molecule has 0 aliphatic heterocycles. The summed E-state index contributed by atoms with van der Waals surface area (Å²) in [6, 6.07) is 5.67. The van der Waals surface area contributed by atoms with Crippen molar-refractivity contribution in [3.8, 4) is 0 Å². The van der Waals surface area contributed by atoms with Crippen molar-refractivity contribution in [1.29, 1.82) is 0 Å². The summed E-state index contributed by atoms with van der Waals surface area (Å²) in [7, 11) is 1.39. The molecule has 0 radical (unpaired) electrons. The van der Waals surface area contributed by atoms with Crippen LogP contribution in [-0.4, -0.2) is 23.0 Å². The molecule has 1 unspecified atom stereocenters. The Bertz CT molecular complexity index is 547. The molecule has 0 aliphatic rings. The molecule has 2 aromatic rings. The molecule has 0 saturated carbocycles. The largest absolute Gasteiger partial charge is 0.465 e. The van der Waals surface area contributed by atoms with E-state index in [1.807, 2.05) is 25.3 Å². The number of methoxy groups -OCH3 is 1. The van der Waals surface area contributed by atoms with Crippen LogP contribution in [0.1, 0.15) is 40.0 Å². The summed E-state index contributed by atoms with van der Waals surface area (Å²) in [5.74, 6) is -0.163. The van der Waals surface area contributed by atoms with Crippen molar-refractivity contribution in [2.24, 2.45) is 0 Å². The lowest BCUT2D eigenvalue weighted by atomic mass is 9.91. The minimum absolute atomic E-state index is 0.140. The Balaban J connectivity index is 2.43. The minimum atomic E-state index is -0.302. The van der Waals surface area contributed by atoms with Gasteiger partial charge in [-0.15, -0.1) is 0 Å². The van der Waals surface area contributed by atoms with Crippen molar-refractivity contribution in [2.75, 3.05) is 7.11 Å². The van der Waals surface area contributed by atoms with Crippen LogP contribution in [0, 0.1) is 6.92 Å². The number of nitrogens with one attached hydrogen (secondary N) is 1. The van der Waals surface area contributed by atoms with Crippen molar-refractivity contribution in [3.05, 3.63) is 53.1 Å². The van der Waals surface area contributed by atoms with Gasteiger partial charge in [0.1, 0.15) is 0 Å². The van der Waals surface area contributed by atoms with Crippen molar-refractivity contribution in [3.63, 3.8) is 0 Å². The highest BCUT2D eigenvalue weighted by molar-refractivity contribution is 5.91. The molecule has 0 spiro atoms. The standard InChI is InChI=1S/C14H16N2O2/c1-9-11(10(2)13-7-15-8-16-13)5-4-6-12(9)14(17)18-3/h4-8,10H,1-3H3,(H,15,16). The number of hydrogen-bond acceptors (Lipinski definition) is 3. The Hall–Kier alpha value is -2.10. The fraction of sp³-hybridized carbons (Fsp3) is 0.286. The van der Waals surface area contributed by atoms with Crippen LogP contribution in [0.15, 0.2) is 30.7 Å². The number of aromatic nitrogens is 2. The predicted octanol–water partition coefficient (Wildman–Crippen LogP) is 2.66. The third-order valence-electron chi connectivity index (χ3n) is 3.21. The number of rotatable bonds is 3. The molecule has 1 atom stereocenters. The molecule has 18 heavy (non-hydrogen) atoms. The number of imidazole rings is 1. The number of hydrogen-bond donors (Lipinski definition) is 1. The molecule has 4 nitrogen and oxygen atoms in total. The maximum Gasteiger partial charge on any atom is 0.338 e. The molecule has 0 saturated heterocycles. The van der Waals surface area contributed by atoms with Crippen LogP contribution in [0.25, 0.3) is 0 Å². The summed E-state index contributed by atoms with van der Waals surface area (Å²) in [6.45, 7) is 4.00. The molecular weight excluding hydrogens is 228 g/mol. The number of nitrogens with zero attached hydrogens (tertiary/aromatic N) is 1. The van der Waals surface area contributed by atoms with E-state index in [1.54, 1.807) is 12.4 Å². The first kappa shape index (κ1) is 12.4. The number of benzene rings is 1. The molecule has 94 valence electrons. The van der Waals surface area contributed by atoms with Gasteiger partial charge in [0.2, 0.25) is 0 Å². The highest BCUT2D eigenvalue weighted by Gasteiger charge is 2.17. The zero-order valence-electron chi connectivity index (χ0n) is 10.7. The summed E-state index contributed by atoms with van der Waals surface area (Å²) < 4.78 is 4.78. The van der Waals surface area contributed by atoms with Gasteiger partial charge in [-0.3, -0.25) is 0 Å². The number of carbonyl (C=O) groups excluding carboxylic acids is 1. The van der Waals surface area contributed by atoms with Crippen LogP contribution in [-0.2, 0) is 4.74 Å². The van der Waals surface area contributed by atoms with Gasteiger partial charge in [0.05, 0.1) is 24.7 Å². The van der Waals surface area contributed by atoms with E-state index in [0.29, 0.717) is 5.56 Å². The first-order valence-electron chi connectivity index (χ1n) is 5.81. The van der Waals surface area contributed by atoms with Crippen LogP contribution < -0.4 is 0 Å². The maximum atomic E-state index is 11.7. The van der Waals surface area contributed by atoms with E-state index in [1.165, 1.54) is 7.11 Å². The topological polar surface area (TPSA) is 55.0 Å². The van der Waals surface area contributed by atoms with Gasteiger partial charge in [0, 0.05) is 12.1 Å². The lowest BCUT2D eigenvalue weighted by molar-refractivity contribution is 0.0600. The lowest BCUT2D eigenvalue weighted by Crippen LogP contribution is -2.08. The van der Waals surface area contributed by atoms with Crippen molar-refractivity contribution >= 4 is 5.97 Å². The first-order chi connectivity index (χ1) is 8.65. The zero-order chi connectivity index (χ0) is 13.1. The minimum Gasteiger partial charge on any atom is -0.465 e. The van der Waals surface area contributed by atoms with Gasteiger partial charge in [0.25, 0.3) is 0 Å². The van der Waals surface area contributed by atoms with Gasteiger partial charge in [0.15, 0.2) is 0 Å². The van der Waals surface area contributed by atoms with E-state index in [2.05, 4.69) is 16.9 Å². The lowest BCUT2D eigenvalue weighted by Gasteiger charge is -2.14. The Labute approximate surface area is 106 Å². The first-order valence-corrected chi connectivity index (χ1v) is 5.81. The van der Waals surface area contributed by atoms with E-state index in [9.17, 15) is 4.79 Å². The number of H-pyrrole nitrogens is 1. The zero-order valence-corrected chi connectivity index (χ0v) is 10.7. The average Bonchev–Trinajstić information content (AvgIpc) is 2.91. The SMILES string of the molecule is COC(=O)c1cccc(C(C)c2c[nH]cn2)c1C. The molecule has 4 heteroatoms. The second-order valence-electron chi connectivity index (χ2n) is 4.23. The van der Waals surface area contributed by atoms with Crippen molar-refractivity contribution in [1.82, 2.24) is 9.97 Å². The molecule has 0 aliphatic carbocycles. The van der Waals surface area contributed by atoms with Crippen molar-refractivity contribution in [2.45, 2.75) is 19.8 Å². The molecule has 0 fully saturated rings. The van der Waals surface area contributed by atoms with Gasteiger partial charge in [-0.05, 0) is 24.1 Å². The summed E-state index contributed by atoms with van der Waals surface area (Å²) in [5.41, 5.74) is 3.60. The highest BCUT2D eigenvalue weighted by Crippen LogP contribution is 2.27.